The van der Waals surface area contributed by atoms with Gasteiger partial charge in [-0.1, -0.05) is 18.2 Å². The van der Waals surface area contributed by atoms with Crippen molar-refractivity contribution in [2.75, 3.05) is 0 Å². The molecule has 0 fully saturated rings. The van der Waals surface area contributed by atoms with Gasteiger partial charge >= 0.3 is 0 Å². The summed E-state index contributed by atoms with van der Waals surface area (Å²) in [4.78, 5) is 20.6. The minimum Gasteiger partial charge on any atom is -0.507 e. The van der Waals surface area contributed by atoms with E-state index >= 15 is 0 Å². The molecule has 1 N–H and O–H groups in total. The number of carbonyl (C=O) groups excluding carboxylic acids is 2. The minimum absolute atomic E-state index is 0.0805. The van der Waals surface area contributed by atoms with Crippen LogP contribution in [-0.4, -0.2) is 17.7 Å². The topological polar surface area (TPSA) is 54.4 Å². The van der Waals surface area contributed by atoms with Gasteiger partial charge in [0.1, 0.15) is 12.0 Å². The first kappa shape index (κ1) is 9.19. The molecule has 0 unspecified atom stereocenters. The number of phenols is 1. The van der Waals surface area contributed by atoms with E-state index in [9.17, 15) is 14.7 Å². The Morgan fingerprint density at radius 3 is 2.62 bits per heavy atom. The van der Waals surface area contributed by atoms with Crippen molar-refractivity contribution in [3.05, 3.63) is 35.4 Å². The Morgan fingerprint density at radius 2 is 2.00 bits per heavy atom. The Kier molecular flexibility index (Phi) is 2.97. The first-order chi connectivity index (χ1) is 6.29. The van der Waals surface area contributed by atoms with Crippen LogP contribution in [0.25, 0.3) is 6.08 Å². The van der Waals surface area contributed by atoms with Crippen LogP contribution >= 0.6 is 0 Å². The summed E-state index contributed by atoms with van der Waals surface area (Å²) in [5.74, 6) is -0.0805. The number of hydrogen-bond acceptors (Lipinski definition) is 3. The van der Waals surface area contributed by atoms with Crippen molar-refractivity contribution < 1.29 is 14.7 Å². The molecule has 1 rings (SSSR count). The van der Waals surface area contributed by atoms with Gasteiger partial charge in [-0.3, -0.25) is 9.59 Å². The third-order valence-corrected chi connectivity index (χ3v) is 1.59. The van der Waals surface area contributed by atoms with Gasteiger partial charge in [0, 0.05) is 0 Å². The van der Waals surface area contributed by atoms with Gasteiger partial charge in [0.05, 0.1) is 5.56 Å². The molecule has 0 atom stereocenters. The zero-order chi connectivity index (χ0) is 9.68. The molecule has 3 heteroatoms. The van der Waals surface area contributed by atoms with Crippen LogP contribution < -0.4 is 0 Å². The van der Waals surface area contributed by atoms with Crippen molar-refractivity contribution in [3.63, 3.8) is 0 Å². The highest BCUT2D eigenvalue weighted by molar-refractivity contribution is 5.87. The fraction of sp³-hybridized carbons (Fsp3) is 0. The second kappa shape index (κ2) is 4.21. The number of rotatable bonds is 3. The van der Waals surface area contributed by atoms with Gasteiger partial charge in [0.2, 0.25) is 0 Å². The zero-order valence-electron chi connectivity index (χ0n) is 6.81. The predicted octanol–water partition coefficient (Wildman–Crippen LogP) is 1.42. The summed E-state index contributed by atoms with van der Waals surface area (Å²) in [6.45, 7) is 0. The molecule has 0 aliphatic heterocycles. The lowest BCUT2D eigenvalue weighted by molar-refractivity contribution is -0.104. The van der Waals surface area contributed by atoms with E-state index in [4.69, 9.17) is 0 Å². The normalized spacial score (nSPS) is 10.2. The van der Waals surface area contributed by atoms with Crippen LogP contribution in [-0.2, 0) is 4.79 Å². The fourth-order valence-corrected chi connectivity index (χ4v) is 0.987. The molecule has 0 aliphatic rings. The van der Waals surface area contributed by atoms with E-state index in [0.717, 1.165) is 0 Å². The van der Waals surface area contributed by atoms with E-state index in [0.29, 0.717) is 18.1 Å². The van der Waals surface area contributed by atoms with E-state index in [-0.39, 0.29) is 11.3 Å². The smallest absolute Gasteiger partial charge is 0.154 e. The Morgan fingerprint density at radius 1 is 1.23 bits per heavy atom. The quantitative estimate of drug-likeness (QED) is 0.559. The van der Waals surface area contributed by atoms with Crippen molar-refractivity contribution in [2.45, 2.75) is 0 Å². The minimum atomic E-state index is -0.0805. The van der Waals surface area contributed by atoms with Crippen LogP contribution in [0.3, 0.4) is 0 Å². The Balaban J connectivity index is 3.19. The number of carbonyl (C=O) groups is 2. The summed E-state index contributed by atoms with van der Waals surface area (Å²) in [6, 6.07) is 4.66. The van der Waals surface area contributed by atoms with Gasteiger partial charge in [-0.05, 0) is 17.7 Å². The molecule has 0 radical (unpaired) electrons. The lowest BCUT2D eigenvalue weighted by Crippen LogP contribution is -1.86. The van der Waals surface area contributed by atoms with E-state index in [1.165, 1.54) is 18.2 Å². The Hall–Kier alpha value is -1.90. The highest BCUT2D eigenvalue weighted by atomic mass is 16.3. The summed E-state index contributed by atoms with van der Waals surface area (Å²) in [5, 5.41) is 9.24. The second-order valence-corrected chi connectivity index (χ2v) is 2.39. The Labute approximate surface area is 75.3 Å². The van der Waals surface area contributed by atoms with Crippen LogP contribution in [0.2, 0.25) is 0 Å². The standard InChI is InChI=1S/C10H8O3/c11-6-2-4-8-3-1-5-10(13)9(8)7-12/h1-7,13H/b4-2+. The highest BCUT2D eigenvalue weighted by Crippen LogP contribution is 2.19. The molecule has 0 spiro atoms. The van der Waals surface area contributed by atoms with Gasteiger partial charge in [-0.25, -0.2) is 0 Å². The van der Waals surface area contributed by atoms with Crippen molar-refractivity contribution in [1.82, 2.24) is 0 Å². The van der Waals surface area contributed by atoms with Crippen molar-refractivity contribution in [3.8, 4) is 5.75 Å². The van der Waals surface area contributed by atoms with Crippen LogP contribution in [0, 0.1) is 0 Å². The van der Waals surface area contributed by atoms with Crippen molar-refractivity contribution >= 4 is 18.6 Å². The third kappa shape index (κ3) is 2.02. The molecule has 0 heterocycles. The van der Waals surface area contributed by atoms with E-state index < -0.39 is 0 Å². The molecule has 1 aromatic rings. The summed E-state index contributed by atoms with van der Waals surface area (Å²) in [5.41, 5.74) is 0.725. The number of aromatic hydroxyl groups is 1. The SMILES string of the molecule is O=C/C=C/c1cccc(O)c1C=O. The Bertz CT molecular complexity index is 353. The lowest BCUT2D eigenvalue weighted by atomic mass is 10.1. The summed E-state index contributed by atoms with van der Waals surface area (Å²) in [6.07, 6.45) is 3.90. The summed E-state index contributed by atoms with van der Waals surface area (Å²) >= 11 is 0. The van der Waals surface area contributed by atoms with Gasteiger partial charge in [-0.2, -0.15) is 0 Å². The maximum atomic E-state index is 10.5. The van der Waals surface area contributed by atoms with E-state index in [1.54, 1.807) is 12.1 Å². The highest BCUT2D eigenvalue weighted by Gasteiger charge is 2.02. The second-order valence-electron chi connectivity index (χ2n) is 2.39. The molecule has 0 aromatic heterocycles. The summed E-state index contributed by atoms with van der Waals surface area (Å²) in [7, 11) is 0. The average Bonchev–Trinajstić information content (AvgIpc) is 2.15. The van der Waals surface area contributed by atoms with Gasteiger partial charge in [0.25, 0.3) is 0 Å². The number of phenolic OH excluding ortho intramolecular Hbond substituents is 1. The number of aldehydes is 2. The third-order valence-electron chi connectivity index (χ3n) is 1.59. The molecule has 3 nitrogen and oxygen atoms in total. The average molecular weight is 176 g/mol. The van der Waals surface area contributed by atoms with E-state index in [1.807, 2.05) is 0 Å². The molecular formula is C10H8O3. The summed E-state index contributed by atoms with van der Waals surface area (Å²) < 4.78 is 0. The molecule has 0 aliphatic carbocycles. The van der Waals surface area contributed by atoms with Crippen molar-refractivity contribution in [1.29, 1.82) is 0 Å². The fourth-order valence-electron chi connectivity index (χ4n) is 0.987. The van der Waals surface area contributed by atoms with Crippen LogP contribution in [0.5, 0.6) is 5.75 Å². The predicted molar refractivity (Wildman–Crippen MR) is 48.6 cm³/mol. The number of hydrogen-bond donors (Lipinski definition) is 1. The van der Waals surface area contributed by atoms with Crippen LogP contribution in [0.4, 0.5) is 0 Å². The van der Waals surface area contributed by atoms with Crippen LogP contribution in [0.1, 0.15) is 15.9 Å². The molecule has 0 amide bonds. The lowest BCUT2D eigenvalue weighted by Gasteiger charge is -1.99. The van der Waals surface area contributed by atoms with Gasteiger partial charge in [0.15, 0.2) is 6.29 Å². The van der Waals surface area contributed by atoms with Gasteiger partial charge in [-0.15, -0.1) is 0 Å². The maximum absolute atomic E-state index is 10.5. The van der Waals surface area contributed by atoms with Crippen LogP contribution in [0.15, 0.2) is 24.3 Å². The van der Waals surface area contributed by atoms with E-state index in [2.05, 4.69) is 0 Å². The molecular weight excluding hydrogens is 168 g/mol. The monoisotopic (exact) mass is 176 g/mol. The van der Waals surface area contributed by atoms with Gasteiger partial charge < -0.3 is 5.11 Å². The van der Waals surface area contributed by atoms with Crippen molar-refractivity contribution in [2.24, 2.45) is 0 Å². The molecule has 0 bridgehead atoms. The zero-order valence-corrected chi connectivity index (χ0v) is 6.81. The molecule has 1 aromatic carbocycles. The maximum Gasteiger partial charge on any atom is 0.154 e. The molecule has 66 valence electrons. The molecule has 13 heavy (non-hydrogen) atoms. The number of allylic oxidation sites excluding steroid dienone is 1. The largest absolute Gasteiger partial charge is 0.507 e. The number of benzene rings is 1. The first-order valence-electron chi connectivity index (χ1n) is 3.68. The molecule has 0 saturated carbocycles. The first-order valence-corrected chi connectivity index (χ1v) is 3.68. The molecule has 0 saturated heterocycles.